The fourth-order valence-corrected chi connectivity index (χ4v) is 3.28. The molecule has 0 aliphatic carbocycles. The van der Waals surface area contributed by atoms with Crippen LogP contribution in [0.25, 0.3) is 11.1 Å². The highest BCUT2D eigenvalue weighted by atomic mass is 16.6. The molecule has 0 saturated carbocycles. The third-order valence-electron chi connectivity index (χ3n) is 4.72. The van der Waals surface area contributed by atoms with Gasteiger partial charge in [0.15, 0.2) is 11.7 Å². The van der Waals surface area contributed by atoms with Crippen molar-refractivity contribution in [1.29, 1.82) is 0 Å². The normalized spacial score (nSPS) is 15.8. The van der Waals surface area contributed by atoms with Gasteiger partial charge in [-0.1, -0.05) is 12.8 Å². The van der Waals surface area contributed by atoms with Crippen molar-refractivity contribution in [1.82, 2.24) is 9.47 Å². The lowest BCUT2D eigenvalue weighted by Gasteiger charge is -2.24. The van der Waals surface area contributed by atoms with Crippen LogP contribution in [0.15, 0.2) is 27.4 Å². The summed E-state index contributed by atoms with van der Waals surface area (Å²) < 4.78 is 11.2. The number of nitro benzene ring substituents is 1. The molecule has 1 saturated heterocycles. The maximum absolute atomic E-state index is 12.5. The Morgan fingerprint density at radius 1 is 1.25 bits per heavy atom. The summed E-state index contributed by atoms with van der Waals surface area (Å²) in [6.45, 7) is 2.34. The number of carbonyl (C=O) groups is 2. The number of esters is 1. The summed E-state index contributed by atoms with van der Waals surface area (Å²) in [6, 6.07) is 3.66. The minimum Gasteiger partial charge on any atom is -0.451 e. The van der Waals surface area contributed by atoms with Crippen molar-refractivity contribution in [2.45, 2.75) is 45.3 Å². The lowest BCUT2D eigenvalue weighted by Crippen LogP contribution is -2.41. The van der Waals surface area contributed by atoms with Crippen LogP contribution in [0.5, 0.6) is 0 Å². The number of benzene rings is 1. The number of aromatic nitrogens is 1. The van der Waals surface area contributed by atoms with Gasteiger partial charge < -0.3 is 14.1 Å². The van der Waals surface area contributed by atoms with Gasteiger partial charge in [0.1, 0.15) is 6.54 Å². The van der Waals surface area contributed by atoms with Crippen LogP contribution in [0.4, 0.5) is 5.69 Å². The zero-order chi connectivity index (χ0) is 20.3. The highest BCUT2D eigenvalue weighted by Gasteiger charge is 2.25. The molecule has 1 aliphatic rings. The lowest BCUT2D eigenvalue weighted by molar-refractivity contribution is -0.384. The third-order valence-corrected chi connectivity index (χ3v) is 4.72. The first kappa shape index (κ1) is 19.6. The molecular formula is C18H21N3O7. The second kappa shape index (κ2) is 8.24. The molecule has 150 valence electrons. The maximum Gasteiger partial charge on any atom is 0.420 e. The lowest BCUT2D eigenvalue weighted by atomic mass is 10.2. The van der Waals surface area contributed by atoms with Crippen molar-refractivity contribution in [3.05, 3.63) is 38.9 Å². The first-order valence-electron chi connectivity index (χ1n) is 9.13. The van der Waals surface area contributed by atoms with Gasteiger partial charge in [0.25, 0.3) is 11.6 Å². The minimum atomic E-state index is -0.958. The largest absolute Gasteiger partial charge is 0.451 e. The van der Waals surface area contributed by atoms with E-state index in [0.29, 0.717) is 13.1 Å². The predicted octanol–water partition coefficient (Wildman–Crippen LogP) is 1.84. The number of oxazole rings is 1. The Labute approximate surface area is 159 Å². The number of nitrogens with zero attached hydrogens (tertiary/aromatic N) is 3. The number of amides is 1. The Hall–Kier alpha value is -3.17. The Morgan fingerprint density at radius 3 is 2.57 bits per heavy atom. The molecular weight excluding hydrogens is 370 g/mol. The smallest absolute Gasteiger partial charge is 0.420 e. The molecule has 1 aromatic carbocycles. The molecule has 1 amide bonds. The first-order valence-corrected chi connectivity index (χ1v) is 9.13. The van der Waals surface area contributed by atoms with Gasteiger partial charge in [-0.3, -0.25) is 24.3 Å². The van der Waals surface area contributed by atoms with Crippen LogP contribution in [0.2, 0.25) is 0 Å². The van der Waals surface area contributed by atoms with E-state index in [4.69, 9.17) is 9.15 Å². The molecule has 10 nitrogen and oxygen atoms in total. The van der Waals surface area contributed by atoms with Gasteiger partial charge in [-0.2, -0.15) is 0 Å². The second-order valence-corrected chi connectivity index (χ2v) is 6.73. The number of rotatable bonds is 5. The number of likely N-dealkylation sites (tertiary alicyclic amines) is 1. The van der Waals surface area contributed by atoms with Gasteiger partial charge in [-0.15, -0.1) is 0 Å². The molecule has 3 rings (SSSR count). The van der Waals surface area contributed by atoms with Gasteiger partial charge in [0, 0.05) is 19.2 Å². The zero-order valence-corrected chi connectivity index (χ0v) is 15.5. The van der Waals surface area contributed by atoms with Gasteiger partial charge >= 0.3 is 11.7 Å². The number of hydrogen-bond donors (Lipinski definition) is 0. The minimum absolute atomic E-state index is 0.000640. The van der Waals surface area contributed by atoms with E-state index in [-0.39, 0.29) is 22.7 Å². The fraction of sp³-hybridized carbons (Fsp3) is 0.500. The summed E-state index contributed by atoms with van der Waals surface area (Å²) in [5, 5.41) is 10.8. The topological polar surface area (TPSA) is 125 Å². The number of hydrogen-bond acceptors (Lipinski definition) is 7. The van der Waals surface area contributed by atoms with Gasteiger partial charge in [0.05, 0.1) is 16.5 Å². The van der Waals surface area contributed by atoms with Crippen LogP contribution >= 0.6 is 0 Å². The van der Waals surface area contributed by atoms with Crippen molar-refractivity contribution in [2.75, 3.05) is 13.1 Å². The van der Waals surface area contributed by atoms with Crippen LogP contribution in [0.1, 0.15) is 32.6 Å². The highest BCUT2D eigenvalue weighted by Crippen LogP contribution is 2.20. The molecule has 0 radical (unpaired) electrons. The summed E-state index contributed by atoms with van der Waals surface area (Å²) in [4.78, 5) is 48.6. The highest BCUT2D eigenvalue weighted by molar-refractivity contribution is 5.84. The number of carbonyl (C=O) groups excluding carboxylic acids is 2. The van der Waals surface area contributed by atoms with Crippen LogP contribution in [0, 0.1) is 10.1 Å². The number of nitro groups is 1. The van der Waals surface area contributed by atoms with E-state index in [0.717, 1.165) is 36.3 Å². The average molecular weight is 391 g/mol. The Bertz CT molecular complexity index is 954. The van der Waals surface area contributed by atoms with Crippen LogP contribution in [-0.2, 0) is 20.9 Å². The van der Waals surface area contributed by atoms with Crippen molar-refractivity contribution in [2.24, 2.45) is 0 Å². The molecule has 0 spiro atoms. The molecule has 1 aliphatic heterocycles. The van der Waals surface area contributed by atoms with Gasteiger partial charge in [0.2, 0.25) is 0 Å². The number of non-ortho nitro benzene ring substituents is 1. The van der Waals surface area contributed by atoms with E-state index in [1.54, 1.807) is 4.90 Å². The first-order chi connectivity index (χ1) is 13.4. The molecule has 1 aromatic heterocycles. The van der Waals surface area contributed by atoms with Crippen molar-refractivity contribution < 1.29 is 23.7 Å². The molecule has 2 heterocycles. The molecule has 1 fully saturated rings. The summed E-state index contributed by atoms with van der Waals surface area (Å²) in [5.74, 6) is -1.85. The van der Waals surface area contributed by atoms with Crippen LogP contribution in [-0.4, -0.2) is 45.5 Å². The second-order valence-electron chi connectivity index (χ2n) is 6.73. The molecule has 0 bridgehead atoms. The summed E-state index contributed by atoms with van der Waals surface area (Å²) in [6.07, 6.45) is 3.05. The Balaban J connectivity index is 1.69. The van der Waals surface area contributed by atoms with Crippen LogP contribution < -0.4 is 5.76 Å². The predicted molar refractivity (Wildman–Crippen MR) is 97.7 cm³/mol. The number of ether oxygens (including phenoxy) is 1. The Morgan fingerprint density at radius 2 is 1.93 bits per heavy atom. The molecule has 0 N–H and O–H groups in total. The summed E-state index contributed by atoms with van der Waals surface area (Å²) in [5.41, 5.74) is 0.00684. The van der Waals surface area contributed by atoms with E-state index in [1.165, 1.54) is 19.1 Å². The van der Waals surface area contributed by atoms with Crippen LogP contribution in [0.3, 0.4) is 0 Å². The van der Waals surface area contributed by atoms with Crippen molar-refractivity contribution in [3.63, 3.8) is 0 Å². The van der Waals surface area contributed by atoms with E-state index in [9.17, 15) is 24.5 Å². The zero-order valence-electron chi connectivity index (χ0n) is 15.5. The van der Waals surface area contributed by atoms with E-state index in [1.807, 2.05) is 0 Å². The average Bonchev–Trinajstić information content (AvgIpc) is 2.83. The summed E-state index contributed by atoms with van der Waals surface area (Å²) in [7, 11) is 0. The molecule has 1 atom stereocenters. The fourth-order valence-electron chi connectivity index (χ4n) is 3.28. The monoisotopic (exact) mass is 391 g/mol. The SMILES string of the molecule is C[C@@H](OC(=O)Cn1c(=O)oc2cc([N+](=O)[O-])ccc21)C(=O)N1CCCCCC1. The van der Waals surface area contributed by atoms with E-state index < -0.39 is 29.3 Å². The van der Waals surface area contributed by atoms with Gasteiger partial charge in [-0.05, 0) is 25.8 Å². The molecule has 10 heteroatoms. The molecule has 0 unspecified atom stereocenters. The van der Waals surface area contributed by atoms with Crippen molar-refractivity contribution >= 4 is 28.7 Å². The van der Waals surface area contributed by atoms with E-state index in [2.05, 4.69) is 0 Å². The quantitative estimate of drug-likeness (QED) is 0.432. The standard InChI is InChI=1S/C18H21N3O7/c1-12(17(23)19-8-4-2-3-5-9-19)27-16(22)11-20-14-7-6-13(21(25)26)10-15(14)28-18(20)24/h6-7,10,12H,2-5,8-9,11H2,1H3/t12-/m1/s1. The van der Waals surface area contributed by atoms with Crippen molar-refractivity contribution in [3.8, 4) is 0 Å². The number of fused-ring (bicyclic) bond motifs is 1. The molecule has 28 heavy (non-hydrogen) atoms. The Kier molecular flexibility index (Phi) is 5.76. The summed E-state index contributed by atoms with van der Waals surface area (Å²) >= 11 is 0. The molecule has 2 aromatic rings. The van der Waals surface area contributed by atoms with Gasteiger partial charge in [-0.25, -0.2) is 4.79 Å². The maximum atomic E-state index is 12.5. The third kappa shape index (κ3) is 4.21. The van der Waals surface area contributed by atoms with E-state index >= 15 is 0 Å².